The van der Waals surface area contributed by atoms with Gasteiger partial charge in [0, 0.05) is 11.5 Å². The summed E-state index contributed by atoms with van der Waals surface area (Å²) in [6.07, 6.45) is 0. The van der Waals surface area contributed by atoms with Crippen molar-refractivity contribution in [3.63, 3.8) is 0 Å². The molecule has 0 fully saturated rings. The van der Waals surface area contributed by atoms with Gasteiger partial charge < -0.3 is 0 Å². The summed E-state index contributed by atoms with van der Waals surface area (Å²) in [7, 11) is 0. The van der Waals surface area contributed by atoms with E-state index in [1.54, 1.807) is 12.1 Å². The standard InChI is InChI=1S/C12H8ClN2O/c13-10-6-3-5-9-8-4-1-2-7-11(8)15(16)14-12(9)10/h1-7H,(H,14,16)/q+1. The fourth-order valence-corrected chi connectivity index (χ4v) is 2.12. The van der Waals surface area contributed by atoms with Gasteiger partial charge >= 0.3 is 0 Å². The Morgan fingerprint density at radius 3 is 2.62 bits per heavy atom. The van der Waals surface area contributed by atoms with Crippen molar-refractivity contribution in [3.05, 3.63) is 52.4 Å². The van der Waals surface area contributed by atoms with Gasteiger partial charge in [-0.25, -0.2) is 0 Å². The minimum Gasteiger partial charge on any atom is -0.112 e. The average molecular weight is 232 g/mol. The molecule has 1 N–H and O–H groups in total. The van der Waals surface area contributed by atoms with Crippen LogP contribution in [0.15, 0.2) is 42.5 Å². The van der Waals surface area contributed by atoms with Crippen LogP contribution in [0.4, 0.5) is 0 Å². The molecule has 3 aromatic rings. The number of aromatic nitrogens is 2. The summed E-state index contributed by atoms with van der Waals surface area (Å²) in [5, 5.41) is 5.13. The molecule has 0 saturated heterocycles. The number of rotatable bonds is 0. The van der Waals surface area contributed by atoms with Crippen molar-refractivity contribution >= 4 is 33.4 Å². The first-order valence-corrected chi connectivity index (χ1v) is 5.27. The van der Waals surface area contributed by atoms with Crippen molar-refractivity contribution in [3.8, 4) is 0 Å². The Labute approximate surface area is 95.9 Å². The molecule has 0 aliphatic heterocycles. The first kappa shape index (κ1) is 9.36. The maximum Gasteiger partial charge on any atom is 0.300 e. The van der Waals surface area contributed by atoms with E-state index in [0.717, 1.165) is 15.3 Å². The Hall–Kier alpha value is -1.87. The van der Waals surface area contributed by atoms with E-state index in [1.165, 1.54) is 0 Å². The highest BCUT2D eigenvalue weighted by molar-refractivity contribution is 6.35. The van der Waals surface area contributed by atoms with E-state index in [1.807, 2.05) is 30.3 Å². The van der Waals surface area contributed by atoms with Crippen LogP contribution in [0.1, 0.15) is 0 Å². The normalized spacial score (nSPS) is 11.1. The third-order valence-electron chi connectivity index (χ3n) is 2.64. The zero-order valence-corrected chi connectivity index (χ0v) is 9.03. The summed E-state index contributed by atoms with van der Waals surface area (Å²) in [4.78, 5) is 11.7. The van der Waals surface area contributed by atoms with Crippen molar-refractivity contribution in [1.82, 2.24) is 5.10 Å². The Morgan fingerprint density at radius 2 is 1.75 bits per heavy atom. The minimum atomic E-state index is 0.549. The molecule has 0 spiro atoms. The number of halogens is 1. The second kappa shape index (κ2) is 3.32. The molecule has 78 valence electrons. The van der Waals surface area contributed by atoms with Gasteiger partial charge in [-0.1, -0.05) is 35.9 Å². The summed E-state index contributed by atoms with van der Waals surface area (Å²) in [6, 6.07) is 13.0. The maximum atomic E-state index is 11.7. The Kier molecular flexibility index (Phi) is 1.94. The molecule has 1 heterocycles. The molecule has 3 nitrogen and oxygen atoms in total. The fourth-order valence-electron chi connectivity index (χ4n) is 1.90. The van der Waals surface area contributed by atoms with Crippen molar-refractivity contribution in [2.45, 2.75) is 0 Å². The van der Waals surface area contributed by atoms with Crippen LogP contribution in [0.2, 0.25) is 5.02 Å². The molecule has 3 rings (SSSR count). The maximum absolute atomic E-state index is 11.7. The van der Waals surface area contributed by atoms with Crippen molar-refractivity contribution in [1.29, 1.82) is 0 Å². The van der Waals surface area contributed by atoms with Crippen molar-refractivity contribution in [2.75, 3.05) is 0 Å². The van der Waals surface area contributed by atoms with Crippen LogP contribution in [0.3, 0.4) is 0 Å². The number of fused-ring (bicyclic) bond motifs is 3. The number of H-pyrrole nitrogens is 1. The lowest BCUT2D eigenvalue weighted by Gasteiger charge is -1.98. The highest BCUT2D eigenvalue weighted by Crippen LogP contribution is 2.25. The van der Waals surface area contributed by atoms with E-state index < -0.39 is 0 Å². The molecule has 4 heteroatoms. The first-order chi connectivity index (χ1) is 7.77. The molecule has 0 radical (unpaired) electrons. The minimum absolute atomic E-state index is 0.549. The Bertz CT molecular complexity index is 749. The molecule has 16 heavy (non-hydrogen) atoms. The van der Waals surface area contributed by atoms with E-state index in [0.29, 0.717) is 16.1 Å². The largest absolute Gasteiger partial charge is 0.300 e. The van der Waals surface area contributed by atoms with Gasteiger partial charge in [0.2, 0.25) is 0 Å². The van der Waals surface area contributed by atoms with Gasteiger partial charge in [0.25, 0.3) is 5.52 Å². The predicted molar refractivity (Wildman–Crippen MR) is 64.2 cm³/mol. The van der Waals surface area contributed by atoms with Crippen LogP contribution in [0, 0.1) is 4.91 Å². The molecule has 2 aromatic carbocycles. The van der Waals surface area contributed by atoms with Gasteiger partial charge in [-0.2, -0.15) is 0 Å². The van der Waals surface area contributed by atoms with Crippen LogP contribution >= 0.6 is 11.6 Å². The molecule has 0 atom stereocenters. The third-order valence-corrected chi connectivity index (χ3v) is 2.95. The zero-order chi connectivity index (χ0) is 11.1. The molecule has 0 bridgehead atoms. The lowest BCUT2D eigenvalue weighted by Crippen LogP contribution is -2.20. The zero-order valence-electron chi connectivity index (χ0n) is 8.27. The summed E-state index contributed by atoms with van der Waals surface area (Å²) < 4.78 is 0.740. The van der Waals surface area contributed by atoms with E-state index >= 15 is 0 Å². The quantitative estimate of drug-likeness (QED) is 0.469. The van der Waals surface area contributed by atoms with Crippen LogP contribution in [0.25, 0.3) is 21.8 Å². The van der Waals surface area contributed by atoms with Gasteiger partial charge in [0.15, 0.2) is 4.54 Å². The van der Waals surface area contributed by atoms with Crippen LogP contribution in [-0.2, 0) is 0 Å². The number of benzene rings is 2. The molecule has 0 amide bonds. The molecular formula is C12H8ClN2O+. The summed E-state index contributed by atoms with van der Waals surface area (Å²) in [5.74, 6) is 0. The van der Waals surface area contributed by atoms with E-state index in [-0.39, 0.29) is 0 Å². The molecule has 0 aliphatic rings. The topological polar surface area (TPSA) is 38.8 Å². The lowest BCUT2D eigenvalue weighted by molar-refractivity contribution is -0.532. The molecule has 0 unspecified atom stereocenters. The summed E-state index contributed by atoms with van der Waals surface area (Å²) in [5.41, 5.74) is 1.27. The van der Waals surface area contributed by atoms with Crippen molar-refractivity contribution < 1.29 is 4.54 Å². The van der Waals surface area contributed by atoms with Crippen LogP contribution in [-0.4, -0.2) is 5.10 Å². The number of hydrogen-bond acceptors (Lipinski definition) is 1. The highest BCUT2D eigenvalue weighted by Gasteiger charge is 2.12. The number of para-hydroxylation sites is 2. The Balaban J connectivity index is 2.70. The van der Waals surface area contributed by atoms with Gasteiger partial charge in [-0.15, -0.1) is 5.10 Å². The predicted octanol–water partition coefficient (Wildman–Crippen LogP) is 2.89. The molecule has 0 saturated carbocycles. The van der Waals surface area contributed by atoms with Crippen molar-refractivity contribution in [2.24, 2.45) is 0 Å². The van der Waals surface area contributed by atoms with Gasteiger partial charge in [-0.05, 0) is 12.1 Å². The lowest BCUT2D eigenvalue weighted by atomic mass is 10.1. The molecular weight excluding hydrogens is 224 g/mol. The van der Waals surface area contributed by atoms with Gasteiger partial charge in [0.1, 0.15) is 5.52 Å². The monoisotopic (exact) mass is 231 g/mol. The summed E-state index contributed by atoms with van der Waals surface area (Å²) in [6.45, 7) is 0. The number of nitrogens with one attached hydrogen (secondary N) is 1. The second-order valence-corrected chi connectivity index (χ2v) is 3.99. The number of hydrogen-bond donors (Lipinski definition) is 1. The molecule has 1 aromatic heterocycles. The highest BCUT2D eigenvalue weighted by atomic mass is 35.5. The van der Waals surface area contributed by atoms with Crippen LogP contribution in [0.5, 0.6) is 0 Å². The van der Waals surface area contributed by atoms with E-state index in [4.69, 9.17) is 11.6 Å². The Morgan fingerprint density at radius 1 is 1.00 bits per heavy atom. The van der Waals surface area contributed by atoms with Crippen LogP contribution < -0.4 is 4.54 Å². The van der Waals surface area contributed by atoms with E-state index in [9.17, 15) is 4.91 Å². The second-order valence-electron chi connectivity index (χ2n) is 3.59. The van der Waals surface area contributed by atoms with E-state index in [2.05, 4.69) is 5.10 Å². The first-order valence-electron chi connectivity index (χ1n) is 4.89. The smallest absolute Gasteiger partial charge is 0.112 e. The SMILES string of the molecule is O=[n+]1[nH]c2c(Cl)cccc2c2ccccc21. The van der Waals surface area contributed by atoms with Gasteiger partial charge in [0.05, 0.1) is 15.3 Å². The number of nitrogens with zero attached hydrogens (tertiary/aromatic N) is 1. The third kappa shape index (κ3) is 1.22. The summed E-state index contributed by atoms with van der Waals surface area (Å²) >= 11 is 6.05. The number of aromatic amines is 1. The fraction of sp³-hybridized carbons (Fsp3) is 0. The average Bonchev–Trinajstić information content (AvgIpc) is 2.31. The molecule has 0 aliphatic carbocycles. The van der Waals surface area contributed by atoms with Gasteiger partial charge in [-0.3, -0.25) is 0 Å².